The van der Waals surface area contributed by atoms with Gasteiger partial charge in [-0.05, 0) is 42.1 Å². The molecule has 0 bridgehead atoms. The predicted octanol–water partition coefficient (Wildman–Crippen LogP) is 5.31. The first-order chi connectivity index (χ1) is 12.2. The molecule has 4 nitrogen and oxygen atoms in total. The van der Waals surface area contributed by atoms with Gasteiger partial charge in [-0.25, -0.2) is 4.98 Å². The fourth-order valence-corrected chi connectivity index (χ4v) is 4.90. The molecular formula is C19H16ClN3OS. The summed E-state index contributed by atoms with van der Waals surface area (Å²) in [6, 6.07) is 18.0. The van der Waals surface area contributed by atoms with Gasteiger partial charge in [-0.1, -0.05) is 46.5 Å². The lowest BCUT2D eigenvalue weighted by Gasteiger charge is -2.20. The van der Waals surface area contributed by atoms with E-state index in [2.05, 4.69) is 50.8 Å². The Morgan fingerprint density at radius 3 is 2.88 bits per heavy atom. The third-order valence-corrected chi connectivity index (χ3v) is 6.17. The molecule has 0 fully saturated rings. The van der Waals surface area contributed by atoms with Crippen molar-refractivity contribution in [2.24, 2.45) is 0 Å². The maximum atomic E-state index is 6.00. The molecule has 0 radical (unpaired) electrons. The first-order valence-corrected chi connectivity index (χ1v) is 9.51. The Bertz CT molecular complexity index is 961. The summed E-state index contributed by atoms with van der Waals surface area (Å²) in [5, 5.41) is 2.83. The van der Waals surface area contributed by atoms with Gasteiger partial charge in [0.1, 0.15) is 11.6 Å². The highest BCUT2D eigenvalue weighted by molar-refractivity contribution is 8.16. The van der Waals surface area contributed by atoms with E-state index in [-0.39, 0.29) is 10.7 Å². The Balaban J connectivity index is 1.64. The lowest BCUT2D eigenvalue weighted by atomic mass is 10.2. The normalized spacial score (nSPS) is 16.1. The van der Waals surface area contributed by atoms with Gasteiger partial charge in [0.05, 0.1) is 6.54 Å². The average molecular weight is 370 g/mol. The molecule has 0 spiro atoms. The highest BCUT2D eigenvalue weighted by Gasteiger charge is 2.24. The van der Waals surface area contributed by atoms with E-state index in [0.29, 0.717) is 16.8 Å². The van der Waals surface area contributed by atoms with Crippen molar-refractivity contribution in [2.45, 2.75) is 18.4 Å². The zero-order valence-corrected chi connectivity index (χ0v) is 15.2. The van der Waals surface area contributed by atoms with Gasteiger partial charge < -0.3 is 4.74 Å². The van der Waals surface area contributed by atoms with Crippen LogP contribution in [0.4, 0.5) is 5.82 Å². The largest absolute Gasteiger partial charge is 0.424 e. The smallest absolute Gasteiger partial charge is 0.323 e. The third kappa shape index (κ3) is 3.25. The minimum absolute atomic E-state index is 0.115. The molecule has 1 aliphatic rings. The van der Waals surface area contributed by atoms with Crippen LogP contribution in [-0.4, -0.2) is 15.3 Å². The maximum Gasteiger partial charge on any atom is 0.323 e. The van der Waals surface area contributed by atoms with Crippen LogP contribution in [-0.2, 0) is 6.54 Å². The first-order valence-electron chi connectivity index (χ1n) is 7.89. The zero-order valence-electron chi connectivity index (χ0n) is 13.6. The molecule has 3 aromatic rings. The molecule has 1 aromatic heterocycles. The molecule has 0 amide bonds. The molecule has 1 atom stereocenters. The van der Waals surface area contributed by atoms with Crippen LogP contribution < -0.4 is 9.04 Å². The fraction of sp³-hybridized carbons (Fsp3) is 0.105. The van der Waals surface area contributed by atoms with Crippen LogP contribution in [0.1, 0.15) is 12.5 Å². The second-order valence-electron chi connectivity index (χ2n) is 5.45. The van der Waals surface area contributed by atoms with E-state index >= 15 is 0 Å². The number of rotatable bonds is 3. The molecule has 1 unspecified atom stereocenters. The number of fused-ring (bicyclic) bond motifs is 1. The molecule has 0 saturated carbocycles. The number of hydrogen-bond acceptors (Lipinski definition) is 4. The highest BCUT2D eigenvalue weighted by Crippen LogP contribution is 2.44. The Morgan fingerprint density at radius 1 is 1.16 bits per heavy atom. The van der Waals surface area contributed by atoms with Crippen molar-refractivity contribution in [1.82, 2.24) is 9.97 Å². The monoisotopic (exact) mass is 369 g/mol. The topological polar surface area (TPSA) is 38.2 Å². The van der Waals surface area contributed by atoms with Crippen molar-refractivity contribution in [1.29, 1.82) is 0 Å². The molecule has 25 heavy (non-hydrogen) atoms. The zero-order chi connectivity index (χ0) is 17.2. The Morgan fingerprint density at radius 2 is 2.04 bits per heavy atom. The van der Waals surface area contributed by atoms with Crippen molar-refractivity contribution < 1.29 is 4.74 Å². The van der Waals surface area contributed by atoms with Crippen LogP contribution in [0.5, 0.6) is 11.8 Å². The molecule has 2 heterocycles. The summed E-state index contributed by atoms with van der Waals surface area (Å²) in [7, 11) is -0.115. The fourth-order valence-electron chi connectivity index (χ4n) is 2.77. The van der Waals surface area contributed by atoms with Gasteiger partial charge in [0.15, 0.2) is 0 Å². The van der Waals surface area contributed by atoms with Crippen LogP contribution in [0.3, 0.4) is 0 Å². The Labute approximate surface area is 154 Å². The van der Waals surface area contributed by atoms with Crippen molar-refractivity contribution in [2.75, 3.05) is 4.31 Å². The predicted molar refractivity (Wildman–Crippen MR) is 104 cm³/mol. The number of nitrogens with zero attached hydrogens (tertiary/aromatic N) is 3. The Kier molecular flexibility index (Phi) is 4.42. The molecule has 0 aliphatic carbocycles. The van der Waals surface area contributed by atoms with Crippen LogP contribution in [0, 0.1) is 0 Å². The highest BCUT2D eigenvalue weighted by atomic mass is 35.5. The van der Waals surface area contributed by atoms with Crippen molar-refractivity contribution >= 4 is 33.5 Å². The van der Waals surface area contributed by atoms with Gasteiger partial charge in [0.2, 0.25) is 0 Å². The summed E-state index contributed by atoms with van der Waals surface area (Å²) in [5.74, 6) is 1.47. The lowest BCUT2D eigenvalue weighted by Crippen LogP contribution is -2.12. The maximum absolute atomic E-state index is 6.00. The average Bonchev–Trinajstić information content (AvgIpc) is 3.00. The number of ether oxygens (including phenoxy) is 1. The number of aromatic nitrogens is 2. The summed E-state index contributed by atoms with van der Waals surface area (Å²) in [6.07, 6.45) is 1.72. The van der Waals surface area contributed by atoms with E-state index in [4.69, 9.17) is 16.3 Å². The molecule has 2 aromatic carbocycles. The number of anilines is 1. The first kappa shape index (κ1) is 16.1. The third-order valence-electron chi connectivity index (χ3n) is 3.85. The van der Waals surface area contributed by atoms with Gasteiger partial charge in [0.25, 0.3) is 0 Å². The van der Waals surface area contributed by atoms with E-state index in [1.165, 1.54) is 10.5 Å². The van der Waals surface area contributed by atoms with E-state index < -0.39 is 0 Å². The summed E-state index contributed by atoms with van der Waals surface area (Å²) in [4.78, 5) is 10.2. The van der Waals surface area contributed by atoms with E-state index in [9.17, 15) is 0 Å². The summed E-state index contributed by atoms with van der Waals surface area (Å²) < 4.78 is 8.04. The van der Waals surface area contributed by atoms with Gasteiger partial charge in [-0.15, -0.1) is 0 Å². The van der Waals surface area contributed by atoms with E-state index in [1.807, 2.05) is 18.2 Å². The summed E-state index contributed by atoms with van der Waals surface area (Å²) >= 11 is 6.00. The second kappa shape index (κ2) is 6.86. The molecular weight excluding hydrogens is 354 g/mol. The number of hydrogen-bond donors (Lipinski definition) is 0. The Hall–Kier alpha value is -2.37. The van der Waals surface area contributed by atoms with Crippen molar-refractivity contribution in [3.05, 3.63) is 71.4 Å². The van der Waals surface area contributed by atoms with Crippen LogP contribution in [0.15, 0.2) is 65.7 Å². The van der Waals surface area contributed by atoms with Crippen LogP contribution in [0.2, 0.25) is 5.02 Å². The van der Waals surface area contributed by atoms with Gasteiger partial charge >= 0.3 is 6.01 Å². The molecule has 1 aliphatic heterocycles. The number of benzene rings is 2. The summed E-state index contributed by atoms with van der Waals surface area (Å²) in [6.45, 7) is 2.92. The van der Waals surface area contributed by atoms with Gasteiger partial charge in [-0.2, -0.15) is 4.98 Å². The minimum Gasteiger partial charge on any atom is -0.424 e. The summed E-state index contributed by atoms with van der Waals surface area (Å²) in [5.41, 5.74) is 1.33. The van der Waals surface area contributed by atoms with Crippen LogP contribution in [0.25, 0.3) is 0 Å². The second-order valence-corrected chi connectivity index (χ2v) is 7.87. The van der Waals surface area contributed by atoms with Crippen LogP contribution >= 0.6 is 22.3 Å². The molecule has 4 rings (SSSR count). The minimum atomic E-state index is -0.115. The molecule has 126 valence electrons. The molecule has 0 saturated heterocycles. The standard InChI is InChI=1S/C19H16ClN3OS/c1-2-25-17-9-4-3-6-14(17)13-23(25)18-10-11-21-19(22-18)24-16-8-5-7-15(20)12-16/h2-12H,13H2,1H3. The lowest BCUT2D eigenvalue weighted by molar-refractivity contribution is 0.442. The molecule has 6 heteroatoms. The molecule has 0 N–H and O–H groups in total. The number of halogens is 1. The van der Waals surface area contributed by atoms with E-state index in [0.717, 1.165) is 12.4 Å². The van der Waals surface area contributed by atoms with E-state index in [1.54, 1.807) is 18.3 Å². The van der Waals surface area contributed by atoms with Crippen molar-refractivity contribution in [3.63, 3.8) is 0 Å². The quantitative estimate of drug-likeness (QED) is 0.586. The SMILES string of the molecule is C/C=S1\c2ccccc2CN1c1ccnc(Oc2cccc(Cl)c2)n1. The van der Waals surface area contributed by atoms with Gasteiger partial charge in [-0.3, -0.25) is 4.31 Å². The van der Waals surface area contributed by atoms with Gasteiger partial charge in [0, 0.05) is 22.2 Å². The van der Waals surface area contributed by atoms with Crippen molar-refractivity contribution in [3.8, 4) is 11.8 Å².